The van der Waals surface area contributed by atoms with E-state index in [-0.39, 0.29) is 23.0 Å². The fourth-order valence-corrected chi connectivity index (χ4v) is 2.31. The third-order valence-corrected chi connectivity index (χ3v) is 3.77. The van der Waals surface area contributed by atoms with Crippen molar-refractivity contribution >= 4 is 24.1 Å². The summed E-state index contributed by atoms with van der Waals surface area (Å²) in [6, 6.07) is 11.4. The molecular formula is C21H30F3N5O2. The number of carbonyl (C=O) groups is 1. The molecule has 0 spiro atoms. The van der Waals surface area contributed by atoms with Gasteiger partial charge in [-0.15, -0.1) is 0 Å². The molecule has 0 aliphatic carbocycles. The number of alkyl halides is 3. The molecule has 0 aliphatic rings. The SMILES string of the molecule is CC.CC(NC=O)c1ccccc1.CNc1cc(C=N)c(NCC(F)(F)F)c(CO)n1. The maximum absolute atomic E-state index is 12.1. The first-order chi connectivity index (χ1) is 14.8. The molecule has 1 aromatic carbocycles. The molecule has 0 bridgehead atoms. The van der Waals surface area contributed by atoms with Crippen LogP contribution in [-0.4, -0.2) is 42.5 Å². The number of nitrogens with one attached hydrogen (secondary N) is 4. The van der Waals surface area contributed by atoms with Crippen LogP contribution in [0, 0.1) is 5.41 Å². The second-order valence-electron chi connectivity index (χ2n) is 5.86. The Bertz CT molecular complexity index is 787. The van der Waals surface area contributed by atoms with Crippen molar-refractivity contribution in [1.29, 1.82) is 5.41 Å². The number of anilines is 2. The molecule has 172 valence electrons. The fourth-order valence-electron chi connectivity index (χ4n) is 2.31. The Morgan fingerprint density at radius 3 is 2.29 bits per heavy atom. The van der Waals surface area contributed by atoms with Gasteiger partial charge in [-0.3, -0.25) is 4.79 Å². The summed E-state index contributed by atoms with van der Waals surface area (Å²) in [5.41, 5.74) is 1.43. The molecule has 2 aromatic rings. The molecule has 0 saturated heterocycles. The first-order valence-corrected chi connectivity index (χ1v) is 9.64. The molecule has 31 heavy (non-hydrogen) atoms. The van der Waals surface area contributed by atoms with Gasteiger partial charge in [0, 0.05) is 18.8 Å². The van der Waals surface area contributed by atoms with Crippen LogP contribution in [0.5, 0.6) is 0 Å². The van der Waals surface area contributed by atoms with Gasteiger partial charge < -0.3 is 26.5 Å². The minimum absolute atomic E-state index is 0.0174. The Kier molecular flexibility index (Phi) is 13.3. The van der Waals surface area contributed by atoms with Gasteiger partial charge in [0.2, 0.25) is 6.41 Å². The Hall–Kier alpha value is -3.14. The van der Waals surface area contributed by atoms with E-state index >= 15 is 0 Å². The topological polar surface area (TPSA) is 110 Å². The first-order valence-electron chi connectivity index (χ1n) is 9.64. The number of benzene rings is 1. The molecule has 0 aliphatic heterocycles. The van der Waals surface area contributed by atoms with Crippen molar-refractivity contribution in [3.05, 3.63) is 53.2 Å². The molecule has 0 radical (unpaired) electrons. The van der Waals surface area contributed by atoms with Gasteiger partial charge >= 0.3 is 6.18 Å². The number of halogens is 3. The monoisotopic (exact) mass is 441 g/mol. The summed E-state index contributed by atoms with van der Waals surface area (Å²) in [7, 11) is 1.58. The van der Waals surface area contributed by atoms with Crippen LogP contribution in [0.4, 0.5) is 24.7 Å². The normalized spacial score (nSPS) is 11.0. The van der Waals surface area contributed by atoms with Gasteiger partial charge in [-0.05, 0) is 18.6 Å². The second-order valence-corrected chi connectivity index (χ2v) is 5.86. The summed E-state index contributed by atoms with van der Waals surface area (Å²) >= 11 is 0. The molecule has 5 N–H and O–H groups in total. The number of amides is 1. The lowest BCUT2D eigenvalue weighted by Crippen LogP contribution is -2.23. The largest absolute Gasteiger partial charge is 0.405 e. The molecular weight excluding hydrogens is 411 g/mol. The third-order valence-electron chi connectivity index (χ3n) is 3.77. The standard InChI is InChI=1S/C10H13F3N4O.C9H11NO.C2H6/c1-15-8-2-6(3-14)9(7(4-18)17-8)16-5-10(11,12)13;1-8(10-7-11)9-5-3-2-4-6-9;1-2/h2-3,14,16,18H,4-5H2,1H3,(H,15,17);2-8H,1H3,(H,10,11);1-2H3. The molecule has 0 saturated carbocycles. The highest BCUT2D eigenvalue weighted by atomic mass is 19.4. The van der Waals surface area contributed by atoms with Crippen LogP contribution < -0.4 is 16.0 Å². The van der Waals surface area contributed by atoms with E-state index in [0.717, 1.165) is 18.2 Å². The number of aliphatic hydroxyl groups excluding tert-OH is 1. The van der Waals surface area contributed by atoms with Crippen molar-refractivity contribution in [2.75, 3.05) is 24.2 Å². The lowest BCUT2D eigenvalue weighted by Gasteiger charge is -2.15. The zero-order chi connectivity index (χ0) is 23.9. The van der Waals surface area contributed by atoms with E-state index in [4.69, 9.17) is 10.5 Å². The fraction of sp³-hybridized carbons (Fsp3) is 0.381. The Labute approximate surface area is 180 Å². The highest BCUT2D eigenvalue weighted by Crippen LogP contribution is 2.24. The Balaban J connectivity index is 0.000000591. The van der Waals surface area contributed by atoms with Crippen molar-refractivity contribution in [2.45, 2.75) is 39.6 Å². The number of carbonyl (C=O) groups excluding carboxylic acids is 1. The first kappa shape index (κ1) is 27.9. The van der Waals surface area contributed by atoms with E-state index in [2.05, 4.69) is 20.9 Å². The highest BCUT2D eigenvalue weighted by molar-refractivity contribution is 5.88. The number of rotatable bonds is 8. The van der Waals surface area contributed by atoms with Crippen LogP contribution in [0.3, 0.4) is 0 Å². The van der Waals surface area contributed by atoms with E-state index in [0.29, 0.717) is 5.82 Å². The second kappa shape index (κ2) is 14.8. The van der Waals surface area contributed by atoms with Crippen LogP contribution in [0.15, 0.2) is 36.4 Å². The van der Waals surface area contributed by atoms with Gasteiger partial charge in [-0.2, -0.15) is 13.2 Å². The zero-order valence-corrected chi connectivity index (χ0v) is 18.0. The summed E-state index contributed by atoms with van der Waals surface area (Å²) in [6.07, 6.45) is -2.76. The molecule has 7 nitrogen and oxygen atoms in total. The Morgan fingerprint density at radius 1 is 1.23 bits per heavy atom. The van der Waals surface area contributed by atoms with Gasteiger partial charge in [0.15, 0.2) is 0 Å². The van der Waals surface area contributed by atoms with Gasteiger partial charge in [0.05, 0.1) is 24.0 Å². The van der Waals surface area contributed by atoms with Gasteiger partial charge in [-0.1, -0.05) is 44.2 Å². The molecule has 1 aromatic heterocycles. The molecule has 1 unspecified atom stereocenters. The van der Waals surface area contributed by atoms with Crippen LogP contribution in [0.2, 0.25) is 0 Å². The predicted octanol–water partition coefficient (Wildman–Crippen LogP) is 4.11. The van der Waals surface area contributed by atoms with E-state index < -0.39 is 19.3 Å². The highest BCUT2D eigenvalue weighted by Gasteiger charge is 2.27. The minimum Gasteiger partial charge on any atom is -0.390 e. The number of hydrogen-bond donors (Lipinski definition) is 5. The summed E-state index contributed by atoms with van der Waals surface area (Å²) in [5.74, 6) is 0.370. The van der Waals surface area contributed by atoms with Crippen molar-refractivity contribution in [1.82, 2.24) is 10.3 Å². The lowest BCUT2D eigenvalue weighted by atomic mass is 10.1. The van der Waals surface area contributed by atoms with Crippen molar-refractivity contribution in [3.8, 4) is 0 Å². The number of aromatic nitrogens is 1. The molecule has 2 rings (SSSR count). The van der Waals surface area contributed by atoms with Crippen LogP contribution in [0.25, 0.3) is 0 Å². The lowest BCUT2D eigenvalue weighted by molar-refractivity contribution is -0.115. The third kappa shape index (κ3) is 10.4. The van der Waals surface area contributed by atoms with Crippen molar-refractivity contribution in [2.24, 2.45) is 0 Å². The van der Waals surface area contributed by atoms with Crippen LogP contribution in [-0.2, 0) is 11.4 Å². The van der Waals surface area contributed by atoms with Gasteiger partial charge in [0.1, 0.15) is 12.4 Å². The molecule has 1 amide bonds. The van der Waals surface area contributed by atoms with E-state index in [1.54, 1.807) is 7.05 Å². The van der Waals surface area contributed by atoms with E-state index in [1.165, 1.54) is 6.07 Å². The molecule has 1 heterocycles. The maximum Gasteiger partial charge on any atom is 0.405 e. The van der Waals surface area contributed by atoms with Gasteiger partial charge in [-0.25, -0.2) is 4.98 Å². The number of pyridine rings is 1. The van der Waals surface area contributed by atoms with Crippen LogP contribution in [0.1, 0.15) is 43.6 Å². The summed E-state index contributed by atoms with van der Waals surface area (Å²) in [5, 5.41) is 23.8. The number of hydrogen-bond acceptors (Lipinski definition) is 6. The zero-order valence-electron chi connectivity index (χ0n) is 18.0. The van der Waals surface area contributed by atoms with Gasteiger partial charge in [0.25, 0.3) is 0 Å². The number of nitrogens with zero attached hydrogens (tertiary/aromatic N) is 1. The quantitative estimate of drug-likeness (QED) is 0.313. The molecule has 1 atom stereocenters. The van der Waals surface area contributed by atoms with Crippen molar-refractivity contribution < 1.29 is 23.1 Å². The molecule has 10 heteroatoms. The number of aliphatic hydroxyl groups is 1. The van der Waals surface area contributed by atoms with E-state index in [1.807, 2.05) is 51.1 Å². The van der Waals surface area contributed by atoms with Crippen LogP contribution >= 0.6 is 0 Å². The predicted molar refractivity (Wildman–Crippen MR) is 118 cm³/mol. The summed E-state index contributed by atoms with van der Waals surface area (Å²) in [6.45, 7) is 4.18. The average molecular weight is 441 g/mol. The summed E-state index contributed by atoms with van der Waals surface area (Å²) < 4.78 is 36.4. The minimum atomic E-state index is -4.38. The van der Waals surface area contributed by atoms with E-state index in [9.17, 15) is 18.0 Å². The smallest absolute Gasteiger partial charge is 0.390 e. The Morgan fingerprint density at radius 2 is 1.84 bits per heavy atom. The summed E-state index contributed by atoms with van der Waals surface area (Å²) in [4.78, 5) is 14.0. The maximum atomic E-state index is 12.1. The average Bonchev–Trinajstić information content (AvgIpc) is 2.79. The van der Waals surface area contributed by atoms with Crippen molar-refractivity contribution in [3.63, 3.8) is 0 Å². The molecule has 0 fully saturated rings.